The van der Waals surface area contributed by atoms with E-state index in [-0.39, 0.29) is 18.1 Å². The van der Waals surface area contributed by atoms with E-state index in [2.05, 4.69) is 55.0 Å². The van der Waals surface area contributed by atoms with Gasteiger partial charge in [-0.05, 0) is 43.8 Å². The molecule has 3 nitrogen and oxygen atoms in total. The second-order valence-corrected chi connectivity index (χ2v) is 14.1. The molecule has 0 aromatic heterocycles. The van der Waals surface area contributed by atoms with E-state index in [4.69, 9.17) is 13.9 Å². The van der Waals surface area contributed by atoms with Crippen molar-refractivity contribution in [3.05, 3.63) is 12.7 Å². The molecule has 1 saturated heterocycles. The molecule has 0 radical (unpaired) electrons. The highest BCUT2D eigenvalue weighted by atomic mass is 28.4. The van der Waals surface area contributed by atoms with Crippen LogP contribution in [0, 0.1) is 5.92 Å². The van der Waals surface area contributed by atoms with Crippen LogP contribution in [0.2, 0.25) is 16.6 Å². The fraction of sp³-hybridized carbons (Fsp3) is 0.900. The summed E-state index contributed by atoms with van der Waals surface area (Å²) in [4.78, 5) is 0. The van der Waals surface area contributed by atoms with E-state index < -0.39 is 14.1 Å². The Hall–Kier alpha value is -0.163. The largest absolute Gasteiger partial charge is 0.412 e. The molecule has 0 unspecified atom stereocenters. The molecule has 4 heteroatoms. The van der Waals surface area contributed by atoms with Crippen LogP contribution in [0.1, 0.15) is 68.7 Å². The number of ether oxygens (including phenoxy) is 2. The van der Waals surface area contributed by atoms with Gasteiger partial charge >= 0.3 is 0 Å². The second kappa shape index (κ2) is 8.48. The molecule has 1 aliphatic rings. The molecule has 3 atom stereocenters. The lowest BCUT2D eigenvalue weighted by Crippen LogP contribution is -2.55. The molecule has 0 spiro atoms. The first-order valence-corrected chi connectivity index (χ1v) is 11.7. The highest BCUT2D eigenvalue weighted by molar-refractivity contribution is 6.77. The minimum Gasteiger partial charge on any atom is -0.412 e. The van der Waals surface area contributed by atoms with Gasteiger partial charge in [-0.25, -0.2) is 0 Å². The molecule has 1 fully saturated rings. The maximum atomic E-state index is 7.05. The van der Waals surface area contributed by atoms with Gasteiger partial charge in [0.05, 0.1) is 18.8 Å². The minimum absolute atomic E-state index is 0.118. The van der Waals surface area contributed by atoms with Gasteiger partial charge in [0.25, 0.3) is 0 Å². The van der Waals surface area contributed by atoms with E-state index in [0.29, 0.717) is 23.2 Å². The first kappa shape index (κ1) is 21.9. The van der Waals surface area contributed by atoms with Gasteiger partial charge in [0.15, 0.2) is 5.79 Å². The molecule has 0 aliphatic carbocycles. The zero-order valence-corrected chi connectivity index (χ0v) is 18.4. The third-order valence-electron chi connectivity index (χ3n) is 5.64. The Balaban J connectivity index is 3.08. The zero-order valence-electron chi connectivity index (χ0n) is 17.4. The SMILES string of the molecule is C=CC[C@H](O[Si](C(C)C)(C(C)C)C(C)C)[C@H]1COC(C)(C)O[C@H]1C. The van der Waals surface area contributed by atoms with Crippen molar-refractivity contribution in [1.82, 2.24) is 0 Å². The van der Waals surface area contributed by atoms with Crippen LogP contribution >= 0.6 is 0 Å². The summed E-state index contributed by atoms with van der Waals surface area (Å²) >= 11 is 0. The second-order valence-electron chi connectivity index (χ2n) is 8.70. The molecular weight excluding hydrogens is 316 g/mol. The Morgan fingerprint density at radius 3 is 2.00 bits per heavy atom. The van der Waals surface area contributed by atoms with Crippen molar-refractivity contribution in [2.24, 2.45) is 5.92 Å². The monoisotopic (exact) mass is 356 g/mol. The Kier molecular flexibility index (Phi) is 7.73. The Bertz CT molecular complexity index is 382. The van der Waals surface area contributed by atoms with Gasteiger partial charge in [0.1, 0.15) is 0 Å². The molecule has 0 bridgehead atoms. The Morgan fingerprint density at radius 1 is 1.12 bits per heavy atom. The highest BCUT2D eigenvalue weighted by Crippen LogP contribution is 2.45. The summed E-state index contributed by atoms with van der Waals surface area (Å²) in [5.41, 5.74) is 1.71. The molecule has 0 aromatic carbocycles. The summed E-state index contributed by atoms with van der Waals surface area (Å²) in [6.45, 7) is 24.8. The topological polar surface area (TPSA) is 27.7 Å². The molecule has 0 aromatic rings. The minimum atomic E-state index is -1.94. The van der Waals surface area contributed by atoms with Gasteiger partial charge in [-0.15, -0.1) is 6.58 Å². The summed E-state index contributed by atoms with van der Waals surface area (Å²) in [5.74, 6) is -0.253. The van der Waals surface area contributed by atoms with Crippen LogP contribution in [-0.2, 0) is 13.9 Å². The van der Waals surface area contributed by atoms with Crippen LogP contribution in [0.5, 0.6) is 0 Å². The summed E-state index contributed by atoms with van der Waals surface area (Å²) in [7, 11) is -1.94. The highest BCUT2D eigenvalue weighted by Gasteiger charge is 2.49. The molecule has 24 heavy (non-hydrogen) atoms. The number of hydrogen-bond acceptors (Lipinski definition) is 3. The molecular formula is C20H40O3Si. The van der Waals surface area contributed by atoms with Crippen LogP contribution in [0.25, 0.3) is 0 Å². The number of hydrogen-bond donors (Lipinski definition) is 0. The molecule has 1 rings (SSSR count). The quantitative estimate of drug-likeness (QED) is 0.399. The first-order chi connectivity index (χ1) is 11.0. The van der Waals surface area contributed by atoms with Crippen LogP contribution in [-0.4, -0.2) is 32.9 Å². The predicted octanol–water partition coefficient (Wildman–Crippen LogP) is 5.91. The standard InChI is InChI=1S/C20H40O3Si/c1-11-12-19(18-13-21-20(9,10)22-17(18)8)23-24(14(2)3,15(4)5)16(6)7/h11,14-19H,1,12-13H2,2-10H3/t17-,18-,19-/m0/s1. The average molecular weight is 357 g/mol. The van der Waals surface area contributed by atoms with E-state index in [1.807, 2.05) is 19.9 Å². The molecule has 142 valence electrons. The summed E-state index contributed by atoms with van der Waals surface area (Å²) < 4.78 is 19.1. The molecule has 1 heterocycles. The van der Waals surface area contributed by atoms with Gasteiger partial charge < -0.3 is 13.9 Å². The van der Waals surface area contributed by atoms with E-state index in [1.165, 1.54) is 0 Å². The molecule has 1 aliphatic heterocycles. The lowest BCUT2D eigenvalue weighted by molar-refractivity contribution is -0.297. The third kappa shape index (κ3) is 4.72. The van der Waals surface area contributed by atoms with Crippen LogP contribution in [0.4, 0.5) is 0 Å². The summed E-state index contributed by atoms with van der Waals surface area (Å²) in [6.07, 6.45) is 3.07. The molecule has 0 amide bonds. The fourth-order valence-electron chi connectivity index (χ4n) is 4.56. The van der Waals surface area contributed by atoms with Gasteiger partial charge in [0.2, 0.25) is 8.32 Å². The summed E-state index contributed by atoms with van der Waals surface area (Å²) in [6, 6.07) is 0. The summed E-state index contributed by atoms with van der Waals surface area (Å²) in [5, 5.41) is 0. The third-order valence-corrected chi connectivity index (χ3v) is 11.8. The van der Waals surface area contributed by atoms with Crippen molar-refractivity contribution >= 4 is 8.32 Å². The van der Waals surface area contributed by atoms with Crippen LogP contribution < -0.4 is 0 Å². The smallest absolute Gasteiger partial charge is 0.200 e. The van der Waals surface area contributed by atoms with Crippen LogP contribution in [0.3, 0.4) is 0 Å². The van der Waals surface area contributed by atoms with Crippen molar-refractivity contribution in [2.75, 3.05) is 6.61 Å². The van der Waals surface area contributed by atoms with Crippen LogP contribution in [0.15, 0.2) is 12.7 Å². The van der Waals surface area contributed by atoms with E-state index >= 15 is 0 Å². The average Bonchev–Trinajstić information content (AvgIpc) is 2.41. The fourth-order valence-corrected chi connectivity index (χ4v) is 10.2. The Morgan fingerprint density at radius 2 is 1.62 bits per heavy atom. The number of rotatable bonds is 8. The lowest BCUT2D eigenvalue weighted by atomic mass is 9.94. The predicted molar refractivity (Wildman–Crippen MR) is 105 cm³/mol. The van der Waals surface area contributed by atoms with Gasteiger partial charge in [0, 0.05) is 5.92 Å². The molecule has 0 saturated carbocycles. The molecule has 0 N–H and O–H groups in total. The van der Waals surface area contributed by atoms with Crippen molar-refractivity contribution in [3.8, 4) is 0 Å². The van der Waals surface area contributed by atoms with E-state index in [1.54, 1.807) is 0 Å². The van der Waals surface area contributed by atoms with Crippen molar-refractivity contribution in [3.63, 3.8) is 0 Å². The van der Waals surface area contributed by atoms with Crippen molar-refractivity contribution in [1.29, 1.82) is 0 Å². The van der Waals surface area contributed by atoms with Gasteiger partial charge in [-0.1, -0.05) is 47.6 Å². The maximum absolute atomic E-state index is 7.05. The maximum Gasteiger partial charge on any atom is 0.200 e. The van der Waals surface area contributed by atoms with Gasteiger partial charge in [-0.2, -0.15) is 0 Å². The van der Waals surface area contributed by atoms with Gasteiger partial charge in [-0.3, -0.25) is 0 Å². The normalized spacial score (nSPS) is 26.2. The zero-order chi connectivity index (χ0) is 18.7. The van der Waals surface area contributed by atoms with Crippen molar-refractivity contribution in [2.45, 2.75) is 103 Å². The van der Waals surface area contributed by atoms with Crippen molar-refractivity contribution < 1.29 is 13.9 Å². The lowest BCUT2D eigenvalue weighted by Gasteiger charge is -2.49. The van der Waals surface area contributed by atoms with E-state index in [0.717, 1.165) is 6.42 Å². The Labute approximate surface area is 151 Å². The first-order valence-electron chi connectivity index (χ1n) is 9.58. The van der Waals surface area contributed by atoms with E-state index in [9.17, 15) is 0 Å².